The van der Waals surface area contributed by atoms with E-state index in [0.29, 0.717) is 17.8 Å². The third-order valence-electron chi connectivity index (χ3n) is 2.86. The second-order valence-electron chi connectivity index (χ2n) is 4.18. The van der Waals surface area contributed by atoms with Crippen molar-refractivity contribution in [1.29, 1.82) is 0 Å². The predicted molar refractivity (Wildman–Crippen MR) is 70.6 cm³/mol. The summed E-state index contributed by atoms with van der Waals surface area (Å²) in [5.41, 5.74) is 5.74. The van der Waals surface area contributed by atoms with Crippen molar-refractivity contribution >= 4 is 11.6 Å². The number of nitro groups is 1. The molecule has 1 aromatic heterocycles. The van der Waals surface area contributed by atoms with E-state index in [4.69, 9.17) is 5.73 Å². The van der Waals surface area contributed by atoms with Crippen molar-refractivity contribution in [2.24, 2.45) is 5.73 Å². The van der Waals surface area contributed by atoms with Gasteiger partial charge < -0.3 is 5.73 Å². The van der Waals surface area contributed by atoms with E-state index in [1.165, 1.54) is 23.1 Å². The third-order valence-corrected chi connectivity index (χ3v) is 2.86. The maximum absolute atomic E-state index is 11.3. The van der Waals surface area contributed by atoms with Gasteiger partial charge in [0.05, 0.1) is 4.92 Å². The van der Waals surface area contributed by atoms with Crippen molar-refractivity contribution < 1.29 is 9.72 Å². The van der Waals surface area contributed by atoms with Crippen LogP contribution in [0.15, 0.2) is 30.6 Å². The summed E-state index contributed by atoms with van der Waals surface area (Å²) in [7, 11) is 0. The van der Waals surface area contributed by atoms with E-state index in [1.807, 2.05) is 6.92 Å². The Morgan fingerprint density at radius 3 is 2.90 bits per heavy atom. The zero-order chi connectivity index (χ0) is 14.7. The van der Waals surface area contributed by atoms with Crippen LogP contribution in [0.3, 0.4) is 0 Å². The molecule has 20 heavy (non-hydrogen) atoms. The maximum Gasteiger partial charge on any atom is 0.270 e. The molecule has 2 N–H and O–H groups in total. The van der Waals surface area contributed by atoms with Crippen LogP contribution in [0.5, 0.6) is 0 Å². The van der Waals surface area contributed by atoms with Crippen LogP contribution >= 0.6 is 0 Å². The molecule has 1 amide bonds. The normalized spacial score (nSPS) is 12.1. The minimum absolute atomic E-state index is 0.0409. The molecule has 1 unspecified atom stereocenters. The lowest BCUT2D eigenvalue weighted by atomic mass is 10.2. The first-order chi connectivity index (χ1) is 9.52. The Hall–Kier alpha value is -2.77. The molecule has 0 spiro atoms. The summed E-state index contributed by atoms with van der Waals surface area (Å²) in [4.78, 5) is 25.6. The van der Waals surface area contributed by atoms with Gasteiger partial charge in [-0.1, -0.05) is 19.1 Å². The molecule has 8 heteroatoms. The molecule has 104 valence electrons. The Balaban J connectivity index is 2.35. The number of nitrogens with two attached hydrogens (primary N) is 1. The number of primary amides is 1. The van der Waals surface area contributed by atoms with Crippen molar-refractivity contribution in [2.75, 3.05) is 0 Å². The van der Waals surface area contributed by atoms with Crippen LogP contribution < -0.4 is 5.73 Å². The van der Waals surface area contributed by atoms with Crippen molar-refractivity contribution in [2.45, 2.75) is 19.4 Å². The first-order valence-electron chi connectivity index (χ1n) is 5.98. The van der Waals surface area contributed by atoms with Crippen LogP contribution in [0, 0.1) is 10.1 Å². The summed E-state index contributed by atoms with van der Waals surface area (Å²) in [6, 6.07) is 5.41. The number of amides is 1. The van der Waals surface area contributed by atoms with Gasteiger partial charge >= 0.3 is 0 Å². The van der Waals surface area contributed by atoms with Gasteiger partial charge in [0.25, 0.3) is 5.69 Å². The van der Waals surface area contributed by atoms with Gasteiger partial charge in [-0.2, -0.15) is 5.10 Å². The number of nitrogens with zero attached hydrogens (tertiary/aromatic N) is 4. The fraction of sp³-hybridized carbons (Fsp3) is 0.250. The van der Waals surface area contributed by atoms with Gasteiger partial charge in [-0.05, 0) is 6.42 Å². The average molecular weight is 275 g/mol. The summed E-state index contributed by atoms with van der Waals surface area (Å²) in [5, 5.41) is 14.9. The van der Waals surface area contributed by atoms with Gasteiger partial charge in [0.2, 0.25) is 5.91 Å². The number of hydrogen-bond acceptors (Lipinski definition) is 5. The molecule has 0 saturated heterocycles. The van der Waals surface area contributed by atoms with Crippen molar-refractivity contribution in [3.8, 4) is 11.4 Å². The van der Waals surface area contributed by atoms with Crippen LogP contribution in [0.25, 0.3) is 11.4 Å². The molecule has 0 aliphatic heterocycles. The molecule has 2 rings (SSSR count). The van der Waals surface area contributed by atoms with Crippen molar-refractivity contribution in [3.63, 3.8) is 0 Å². The molecule has 1 atom stereocenters. The number of aromatic nitrogens is 3. The summed E-state index contributed by atoms with van der Waals surface area (Å²) in [6.45, 7) is 1.81. The van der Waals surface area contributed by atoms with Crippen LogP contribution in [0.2, 0.25) is 0 Å². The Morgan fingerprint density at radius 1 is 1.55 bits per heavy atom. The number of non-ortho nitro benzene ring substituents is 1. The first kappa shape index (κ1) is 13.7. The van der Waals surface area contributed by atoms with Gasteiger partial charge in [-0.25, -0.2) is 9.67 Å². The molecular formula is C12H13N5O3. The number of nitro benzene ring substituents is 1. The molecule has 0 aliphatic rings. The zero-order valence-electron chi connectivity index (χ0n) is 10.8. The predicted octanol–water partition coefficient (Wildman–Crippen LogP) is 1.29. The van der Waals surface area contributed by atoms with E-state index in [9.17, 15) is 14.9 Å². The van der Waals surface area contributed by atoms with Crippen LogP contribution in [0.4, 0.5) is 5.69 Å². The molecule has 0 radical (unpaired) electrons. The molecule has 0 bridgehead atoms. The van der Waals surface area contributed by atoms with E-state index in [1.54, 1.807) is 12.1 Å². The summed E-state index contributed by atoms with van der Waals surface area (Å²) >= 11 is 0. The maximum atomic E-state index is 11.3. The fourth-order valence-corrected chi connectivity index (χ4v) is 1.83. The third kappa shape index (κ3) is 2.63. The highest BCUT2D eigenvalue weighted by molar-refractivity contribution is 5.78. The topological polar surface area (TPSA) is 117 Å². The highest BCUT2D eigenvalue weighted by Gasteiger charge is 2.18. The fourth-order valence-electron chi connectivity index (χ4n) is 1.83. The van der Waals surface area contributed by atoms with E-state index in [0.717, 1.165) is 0 Å². The summed E-state index contributed by atoms with van der Waals surface area (Å²) in [6.07, 6.45) is 1.89. The lowest BCUT2D eigenvalue weighted by molar-refractivity contribution is -0.384. The number of rotatable bonds is 5. The van der Waals surface area contributed by atoms with Crippen LogP contribution in [-0.2, 0) is 4.79 Å². The quantitative estimate of drug-likeness (QED) is 0.651. The van der Waals surface area contributed by atoms with Crippen molar-refractivity contribution in [1.82, 2.24) is 14.8 Å². The van der Waals surface area contributed by atoms with E-state index < -0.39 is 16.9 Å². The molecule has 2 aromatic rings. The second-order valence-corrected chi connectivity index (χ2v) is 4.18. The summed E-state index contributed by atoms with van der Waals surface area (Å²) < 4.78 is 1.37. The highest BCUT2D eigenvalue weighted by atomic mass is 16.6. The van der Waals surface area contributed by atoms with Crippen molar-refractivity contribution in [3.05, 3.63) is 40.7 Å². The lowest BCUT2D eigenvalue weighted by Crippen LogP contribution is -2.26. The Labute approximate surface area is 114 Å². The van der Waals surface area contributed by atoms with E-state index in [-0.39, 0.29) is 5.69 Å². The SMILES string of the molecule is CCC(C(N)=O)n1cnc(-c2cccc([N+](=O)[O-])c2)n1. The molecule has 1 aromatic carbocycles. The smallest absolute Gasteiger partial charge is 0.270 e. The number of hydrogen-bond donors (Lipinski definition) is 1. The number of benzene rings is 1. The lowest BCUT2D eigenvalue weighted by Gasteiger charge is -2.09. The first-order valence-corrected chi connectivity index (χ1v) is 5.98. The van der Waals surface area contributed by atoms with Crippen LogP contribution in [0.1, 0.15) is 19.4 Å². The zero-order valence-corrected chi connectivity index (χ0v) is 10.8. The minimum Gasteiger partial charge on any atom is -0.368 e. The molecule has 0 fully saturated rings. The number of carbonyl (C=O) groups is 1. The Morgan fingerprint density at radius 2 is 2.30 bits per heavy atom. The molecular weight excluding hydrogens is 262 g/mol. The number of carbonyl (C=O) groups excluding carboxylic acids is 1. The second kappa shape index (κ2) is 5.47. The molecule has 0 aliphatic carbocycles. The van der Waals surface area contributed by atoms with Gasteiger partial charge in [0.1, 0.15) is 12.4 Å². The molecule has 1 heterocycles. The average Bonchev–Trinajstić information content (AvgIpc) is 2.89. The minimum atomic E-state index is -0.574. The van der Waals surface area contributed by atoms with Gasteiger partial charge in [0.15, 0.2) is 5.82 Å². The largest absolute Gasteiger partial charge is 0.368 e. The highest BCUT2D eigenvalue weighted by Crippen LogP contribution is 2.21. The summed E-state index contributed by atoms with van der Waals surface area (Å²) in [5.74, 6) is -0.184. The van der Waals surface area contributed by atoms with E-state index in [2.05, 4.69) is 10.1 Å². The van der Waals surface area contributed by atoms with Gasteiger partial charge in [-0.3, -0.25) is 14.9 Å². The molecule has 8 nitrogen and oxygen atoms in total. The monoisotopic (exact) mass is 275 g/mol. The Bertz CT molecular complexity index is 652. The molecule has 0 saturated carbocycles. The van der Waals surface area contributed by atoms with Gasteiger partial charge in [0, 0.05) is 17.7 Å². The Kier molecular flexibility index (Phi) is 3.74. The van der Waals surface area contributed by atoms with E-state index >= 15 is 0 Å². The van der Waals surface area contributed by atoms with Crippen LogP contribution in [-0.4, -0.2) is 25.6 Å². The standard InChI is InChI=1S/C12H13N5O3/c1-2-10(11(13)18)16-7-14-12(15-16)8-4-3-5-9(6-8)17(19)20/h3-7,10H,2H2,1H3,(H2,13,18). The van der Waals surface area contributed by atoms with Gasteiger partial charge in [-0.15, -0.1) is 0 Å².